The van der Waals surface area contributed by atoms with E-state index in [1.54, 1.807) is 6.92 Å². The van der Waals surface area contributed by atoms with Crippen LogP contribution in [0.3, 0.4) is 0 Å². The van der Waals surface area contributed by atoms with E-state index in [9.17, 15) is 4.79 Å². The minimum atomic E-state index is 0.312. The van der Waals surface area contributed by atoms with Crippen molar-refractivity contribution in [1.82, 2.24) is 0 Å². The Morgan fingerprint density at radius 2 is 2.00 bits per heavy atom. The molecule has 0 aliphatic heterocycles. The van der Waals surface area contributed by atoms with Crippen molar-refractivity contribution in [3.63, 3.8) is 0 Å². The van der Waals surface area contributed by atoms with Gasteiger partial charge in [0, 0.05) is 5.92 Å². The average Bonchev–Trinajstić information content (AvgIpc) is 2.84. The summed E-state index contributed by atoms with van der Waals surface area (Å²) in [5, 5.41) is 0. The molecule has 1 aromatic rings. The van der Waals surface area contributed by atoms with Gasteiger partial charge in [-0.05, 0) is 24.8 Å². The molecule has 1 saturated carbocycles. The van der Waals surface area contributed by atoms with E-state index in [-0.39, 0.29) is 0 Å². The first-order valence-corrected chi connectivity index (χ1v) is 4.34. The zero-order valence-corrected chi connectivity index (χ0v) is 7.16. The predicted octanol–water partition coefficient (Wildman–Crippen LogP) is 2.38. The molecule has 2 rings (SSSR count). The van der Waals surface area contributed by atoms with Gasteiger partial charge in [-0.2, -0.15) is 0 Å². The number of ketones is 1. The van der Waals surface area contributed by atoms with Gasteiger partial charge in [0.15, 0.2) is 0 Å². The van der Waals surface area contributed by atoms with Crippen LogP contribution in [0.2, 0.25) is 0 Å². The van der Waals surface area contributed by atoms with Gasteiger partial charge in [-0.15, -0.1) is 0 Å². The number of benzene rings is 1. The van der Waals surface area contributed by atoms with Crippen molar-refractivity contribution in [3.05, 3.63) is 35.9 Å². The first-order chi connectivity index (χ1) is 5.79. The summed E-state index contributed by atoms with van der Waals surface area (Å²) in [5.41, 5.74) is 1.32. The van der Waals surface area contributed by atoms with Crippen LogP contribution in [0.5, 0.6) is 0 Å². The molecule has 0 radical (unpaired) electrons. The first kappa shape index (κ1) is 7.53. The second kappa shape index (κ2) is 2.74. The van der Waals surface area contributed by atoms with Crippen molar-refractivity contribution in [3.8, 4) is 0 Å². The molecule has 1 heteroatoms. The lowest BCUT2D eigenvalue weighted by atomic mass is 10.1. The highest BCUT2D eigenvalue weighted by Gasteiger charge is 2.41. The van der Waals surface area contributed by atoms with Crippen LogP contribution in [-0.2, 0) is 4.79 Å². The summed E-state index contributed by atoms with van der Waals surface area (Å²) < 4.78 is 0. The monoisotopic (exact) mass is 160 g/mol. The van der Waals surface area contributed by atoms with Crippen molar-refractivity contribution in [2.24, 2.45) is 5.92 Å². The summed E-state index contributed by atoms with van der Waals surface area (Å²) in [4.78, 5) is 11.0. The maximum atomic E-state index is 11.0. The lowest BCUT2D eigenvalue weighted by Crippen LogP contribution is -1.94. The summed E-state index contributed by atoms with van der Waals surface area (Å²) >= 11 is 0. The fraction of sp³-hybridized carbons (Fsp3) is 0.364. The molecule has 1 nitrogen and oxygen atoms in total. The number of hydrogen-bond acceptors (Lipinski definition) is 1. The standard InChI is InChI=1S/C11H12O/c1-8(12)10-7-11(10)9-5-3-2-4-6-9/h2-6,10-11H,7H2,1H3/t10-,11?/m0/s1. The van der Waals surface area contributed by atoms with Crippen molar-refractivity contribution in [2.75, 3.05) is 0 Å². The predicted molar refractivity (Wildman–Crippen MR) is 48.0 cm³/mol. The normalized spacial score (nSPS) is 26.8. The van der Waals surface area contributed by atoms with E-state index in [1.807, 2.05) is 18.2 Å². The second-order valence-corrected chi connectivity index (χ2v) is 3.47. The maximum absolute atomic E-state index is 11.0. The smallest absolute Gasteiger partial charge is 0.133 e. The van der Waals surface area contributed by atoms with Crippen LogP contribution >= 0.6 is 0 Å². The Balaban J connectivity index is 2.11. The molecule has 12 heavy (non-hydrogen) atoms. The third-order valence-electron chi connectivity index (χ3n) is 2.54. The van der Waals surface area contributed by atoms with Crippen molar-refractivity contribution >= 4 is 5.78 Å². The lowest BCUT2D eigenvalue weighted by Gasteiger charge is -1.96. The minimum Gasteiger partial charge on any atom is -0.300 e. The van der Waals surface area contributed by atoms with E-state index in [0.29, 0.717) is 17.6 Å². The van der Waals surface area contributed by atoms with Crippen molar-refractivity contribution in [1.29, 1.82) is 0 Å². The van der Waals surface area contributed by atoms with Gasteiger partial charge in [-0.1, -0.05) is 30.3 Å². The number of Topliss-reactive ketones (excluding diaryl/α,β-unsaturated/α-hetero) is 1. The van der Waals surface area contributed by atoms with Crippen molar-refractivity contribution < 1.29 is 4.79 Å². The Morgan fingerprint density at radius 1 is 1.33 bits per heavy atom. The molecule has 1 fully saturated rings. The molecule has 2 atom stereocenters. The Morgan fingerprint density at radius 3 is 2.50 bits per heavy atom. The molecule has 1 aliphatic carbocycles. The summed E-state index contributed by atoms with van der Waals surface area (Å²) in [6.45, 7) is 1.69. The summed E-state index contributed by atoms with van der Waals surface area (Å²) in [7, 11) is 0. The van der Waals surface area contributed by atoms with Gasteiger partial charge in [0.2, 0.25) is 0 Å². The zero-order chi connectivity index (χ0) is 8.55. The molecule has 0 amide bonds. The first-order valence-electron chi connectivity index (χ1n) is 4.34. The lowest BCUT2D eigenvalue weighted by molar-refractivity contribution is -0.118. The van der Waals surface area contributed by atoms with Crippen LogP contribution in [0.1, 0.15) is 24.8 Å². The topological polar surface area (TPSA) is 17.1 Å². The van der Waals surface area contributed by atoms with E-state index in [1.165, 1.54) is 5.56 Å². The second-order valence-electron chi connectivity index (χ2n) is 3.47. The summed E-state index contributed by atoms with van der Waals surface area (Å²) in [6, 6.07) is 10.3. The third kappa shape index (κ3) is 1.27. The Bertz CT molecular complexity index is 289. The largest absolute Gasteiger partial charge is 0.300 e. The van der Waals surface area contributed by atoms with E-state index in [0.717, 1.165) is 6.42 Å². The van der Waals surface area contributed by atoms with E-state index < -0.39 is 0 Å². The van der Waals surface area contributed by atoms with Crippen molar-refractivity contribution in [2.45, 2.75) is 19.3 Å². The minimum absolute atomic E-state index is 0.312. The molecule has 1 aliphatic rings. The molecule has 0 aromatic heterocycles. The highest BCUT2D eigenvalue weighted by Crippen LogP contribution is 2.47. The number of carbonyl (C=O) groups is 1. The van der Waals surface area contributed by atoms with Crippen LogP contribution < -0.4 is 0 Å². The summed E-state index contributed by atoms with van der Waals surface area (Å²) in [5.74, 6) is 1.17. The molecule has 0 saturated heterocycles. The summed E-state index contributed by atoms with van der Waals surface area (Å²) in [6.07, 6.45) is 1.05. The van der Waals surface area contributed by atoms with Gasteiger partial charge >= 0.3 is 0 Å². The zero-order valence-electron chi connectivity index (χ0n) is 7.16. The SMILES string of the molecule is CC(=O)[C@@H]1CC1c1ccccc1. The number of carbonyl (C=O) groups excluding carboxylic acids is 1. The molecule has 1 aromatic carbocycles. The fourth-order valence-corrected chi connectivity index (χ4v) is 1.71. The van der Waals surface area contributed by atoms with Crippen LogP contribution in [-0.4, -0.2) is 5.78 Å². The Labute approximate surface area is 72.4 Å². The molecule has 1 unspecified atom stereocenters. The van der Waals surface area contributed by atoms with Gasteiger partial charge < -0.3 is 0 Å². The Hall–Kier alpha value is -1.11. The highest BCUT2D eigenvalue weighted by atomic mass is 16.1. The van der Waals surface area contributed by atoms with E-state index >= 15 is 0 Å². The van der Waals surface area contributed by atoms with Crippen LogP contribution in [0.15, 0.2) is 30.3 Å². The fourth-order valence-electron chi connectivity index (χ4n) is 1.71. The van der Waals surface area contributed by atoms with Crippen LogP contribution in [0.4, 0.5) is 0 Å². The third-order valence-corrected chi connectivity index (χ3v) is 2.54. The molecular weight excluding hydrogens is 148 g/mol. The van der Waals surface area contributed by atoms with Gasteiger partial charge in [0.05, 0.1) is 0 Å². The van der Waals surface area contributed by atoms with Crippen LogP contribution in [0.25, 0.3) is 0 Å². The van der Waals surface area contributed by atoms with Gasteiger partial charge in [0.1, 0.15) is 5.78 Å². The highest BCUT2D eigenvalue weighted by molar-refractivity contribution is 5.82. The molecule has 62 valence electrons. The number of hydrogen-bond donors (Lipinski definition) is 0. The molecule has 0 N–H and O–H groups in total. The van der Waals surface area contributed by atoms with Gasteiger partial charge in [0.25, 0.3) is 0 Å². The van der Waals surface area contributed by atoms with Crippen LogP contribution in [0, 0.1) is 5.92 Å². The molecule has 0 spiro atoms. The quantitative estimate of drug-likeness (QED) is 0.649. The van der Waals surface area contributed by atoms with Gasteiger partial charge in [-0.3, -0.25) is 4.79 Å². The van der Waals surface area contributed by atoms with Gasteiger partial charge in [-0.25, -0.2) is 0 Å². The number of rotatable bonds is 2. The van der Waals surface area contributed by atoms with E-state index in [2.05, 4.69) is 12.1 Å². The maximum Gasteiger partial charge on any atom is 0.133 e. The molecular formula is C11H12O. The van der Waals surface area contributed by atoms with E-state index in [4.69, 9.17) is 0 Å². The molecule has 0 bridgehead atoms. The average molecular weight is 160 g/mol. The Kier molecular flexibility index (Phi) is 1.72. The molecule has 0 heterocycles.